The van der Waals surface area contributed by atoms with Gasteiger partial charge in [-0.1, -0.05) is 74.3 Å². The van der Waals surface area contributed by atoms with Gasteiger partial charge < -0.3 is 18.9 Å². The van der Waals surface area contributed by atoms with Gasteiger partial charge in [0, 0.05) is 21.1 Å². The summed E-state index contributed by atoms with van der Waals surface area (Å²) in [6.45, 7) is 10.5. The van der Waals surface area contributed by atoms with E-state index in [0.29, 0.717) is 19.8 Å². The highest BCUT2D eigenvalue weighted by Crippen LogP contribution is 2.09. The van der Waals surface area contributed by atoms with Crippen molar-refractivity contribution in [1.82, 2.24) is 0 Å². The first-order valence-electron chi connectivity index (χ1n) is 10.6. The highest BCUT2D eigenvalue weighted by molar-refractivity contribution is 6.76. The molecule has 1 aromatic carbocycles. The maximum Gasteiger partial charge on any atom is 0.335 e. The third-order valence-corrected chi connectivity index (χ3v) is 6.07. The lowest BCUT2D eigenvalue weighted by atomic mass is 10.2. The summed E-state index contributed by atoms with van der Waals surface area (Å²) >= 11 is 0. The Hall–Kier alpha value is -1.73. The summed E-state index contributed by atoms with van der Waals surface area (Å²) in [7, 11) is 0.330. The highest BCUT2D eigenvalue weighted by atomic mass is 28.3. The Bertz CT molecular complexity index is 637. The Morgan fingerprint density at radius 3 is 2.47 bits per heavy atom. The van der Waals surface area contributed by atoms with E-state index in [9.17, 15) is 4.79 Å². The standard InChI is InChI=1S/C24H38O5Si/c1-21(29-20-27-17-18-30(3,4)5)13-9-6-7-12-16-23(24(25)26-2)28-19-22-14-10-8-11-15-22/h7-15,21,23H,6,16-20H2,1-5H3/b12-7+,13-9-/t21-,23-/m0/s1. The second-order valence-electron chi connectivity index (χ2n) is 8.39. The van der Waals surface area contributed by atoms with Crippen LogP contribution in [0.1, 0.15) is 25.3 Å². The van der Waals surface area contributed by atoms with Crippen LogP contribution in [-0.2, 0) is 30.3 Å². The van der Waals surface area contributed by atoms with Gasteiger partial charge in [0.25, 0.3) is 0 Å². The van der Waals surface area contributed by atoms with Crippen LogP contribution in [0.4, 0.5) is 0 Å². The van der Waals surface area contributed by atoms with Gasteiger partial charge in [0.05, 0.1) is 19.8 Å². The van der Waals surface area contributed by atoms with Gasteiger partial charge in [0.2, 0.25) is 0 Å². The van der Waals surface area contributed by atoms with Gasteiger partial charge in [-0.15, -0.1) is 0 Å². The van der Waals surface area contributed by atoms with Crippen LogP contribution in [0.3, 0.4) is 0 Å². The predicted molar refractivity (Wildman–Crippen MR) is 124 cm³/mol. The van der Waals surface area contributed by atoms with Crippen LogP contribution in [-0.4, -0.2) is 46.8 Å². The molecule has 0 unspecified atom stereocenters. The predicted octanol–water partition coefficient (Wildman–Crippen LogP) is 5.35. The van der Waals surface area contributed by atoms with Crippen LogP contribution in [0.2, 0.25) is 25.7 Å². The van der Waals surface area contributed by atoms with Crippen molar-refractivity contribution in [2.45, 2.75) is 64.3 Å². The van der Waals surface area contributed by atoms with Crippen molar-refractivity contribution in [3.8, 4) is 0 Å². The maximum atomic E-state index is 11.9. The second kappa shape index (κ2) is 15.1. The van der Waals surface area contributed by atoms with Crippen LogP contribution in [0.15, 0.2) is 54.6 Å². The molecule has 0 saturated carbocycles. The molecule has 1 aromatic rings. The fraction of sp³-hybridized carbons (Fsp3) is 0.542. The molecule has 0 heterocycles. The Balaban J connectivity index is 2.25. The van der Waals surface area contributed by atoms with E-state index in [1.165, 1.54) is 7.11 Å². The molecular weight excluding hydrogens is 396 g/mol. The van der Waals surface area contributed by atoms with E-state index in [-0.39, 0.29) is 12.1 Å². The fourth-order valence-electron chi connectivity index (χ4n) is 2.45. The largest absolute Gasteiger partial charge is 0.467 e. The molecule has 2 atom stereocenters. The molecule has 0 amide bonds. The third kappa shape index (κ3) is 13.5. The van der Waals surface area contributed by atoms with Gasteiger partial charge in [0.15, 0.2) is 6.10 Å². The molecule has 0 saturated heterocycles. The molecule has 0 bridgehead atoms. The summed E-state index contributed by atoms with van der Waals surface area (Å²) in [6, 6.07) is 10.9. The van der Waals surface area contributed by atoms with Crippen LogP contribution in [0.5, 0.6) is 0 Å². The topological polar surface area (TPSA) is 54.0 Å². The molecule has 168 valence electrons. The molecule has 1 rings (SSSR count). The zero-order valence-electron chi connectivity index (χ0n) is 19.1. The van der Waals surface area contributed by atoms with Crippen molar-refractivity contribution >= 4 is 14.0 Å². The number of carbonyl (C=O) groups excluding carboxylic acids is 1. The molecule has 0 aromatic heterocycles. The smallest absolute Gasteiger partial charge is 0.335 e. The summed E-state index contributed by atoms with van der Waals surface area (Å²) in [6.07, 6.45) is 8.64. The van der Waals surface area contributed by atoms with Gasteiger partial charge in [0.1, 0.15) is 6.79 Å². The number of benzene rings is 1. The normalized spacial score (nSPS) is 14.3. The van der Waals surface area contributed by atoms with Gasteiger partial charge >= 0.3 is 5.97 Å². The summed E-state index contributed by atoms with van der Waals surface area (Å²) in [5.74, 6) is -0.359. The van der Waals surface area contributed by atoms with Gasteiger partial charge in [-0.05, 0) is 25.0 Å². The molecule has 30 heavy (non-hydrogen) atoms. The van der Waals surface area contributed by atoms with Crippen molar-refractivity contribution in [3.63, 3.8) is 0 Å². The number of esters is 1. The van der Waals surface area contributed by atoms with E-state index in [2.05, 4.69) is 19.6 Å². The van der Waals surface area contributed by atoms with E-state index < -0.39 is 14.2 Å². The molecule has 0 spiro atoms. The van der Waals surface area contributed by atoms with E-state index in [4.69, 9.17) is 18.9 Å². The van der Waals surface area contributed by atoms with Crippen molar-refractivity contribution in [2.24, 2.45) is 0 Å². The summed E-state index contributed by atoms with van der Waals surface area (Å²) in [5.41, 5.74) is 1.02. The van der Waals surface area contributed by atoms with Crippen LogP contribution in [0.25, 0.3) is 0 Å². The zero-order valence-corrected chi connectivity index (χ0v) is 20.1. The molecular formula is C24H38O5Si. The van der Waals surface area contributed by atoms with Crippen molar-refractivity contribution < 1.29 is 23.7 Å². The summed E-state index contributed by atoms with van der Waals surface area (Å²) in [4.78, 5) is 11.9. The number of rotatable bonds is 15. The molecule has 0 aliphatic heterocycles. The molecule has 0 aliphatic rings. The average molecular weight is 435 g/mol. The number of hydrogen-bond acceptors (Lipinski definition) is 5. The molecule has 0 N–H and O–H groups in total. The molecule has 0 radical (unpaired) electrons. The first-order valence-corrected chi connectivity index (χ1v) is 14.3. The van der Waals surface area contributed by atoms with Gasteiger partial charge in [-0.25, -0.2) is 4.79 Å². The first-order chi connectivity index (χ1) is 14.3. The lowest BCUT2D eigenvalue weighted by molar-refractivity contribution is -0.154. The average Bonchev–Trinajstić information content (AvgIpc) is 2.71. The Morgan fingerprint density at radius 2 is 1.80 bits per heavy atom. The SMILES string of the molecule is COC(=O)[C@H](C/C=C/C/C=C\[C@H](C)OCOCC[Si](C)(C)C)OCc1ccccc1. The number of carbonyl (C=O) groups is 1. The summed E-state index contributed by atoms with van der Waals surface area (Å²) in [5, 5.41) is 0. The Kier molecular flexibility index (Phi) is 13.3. The van der Waals surface area contributed by atoms with Crippen LogP contribution in [0, 0.1) is 0 Å². The Labute approximate surface area is 183 Å². The van der Waals surface area contributed by atoms with E-state index in [0.717, 1.165) is 24.6 Å². The van der Waals surface area contributed by atoms with Gasteiger partial charge in [-0.2, -0.15) is 0 Å². The maximum absolute atomic E-state index is 11.9. The second-order valence-corrected chi connectivity index (χ2v) is 14.0. The molecule has 0 aliphatic carbocycles. The first kappa shape index (κ1) is 26.3. The quantitative estimate of drug-likeness (QED) is 0.122. The lowest BCUT2D eigenvalue weighted by Gasteiger charge is -2.16. The lowest BCUT2D eigenvalue weighted by Crippen LogP contribution is -2.25. The minimum absolute atomic E-state index is 0.00213. The minimum Gasteiger partial charge on any atom is -0.467 e. The number of hydrogen-bond donors (Lipinski definition) is 0. The van der Waals surface area contributed by atoms with Crippen LogP contribution >= 0.6 is 0 Å². The number of ether oxygens (including phenoxy) is 4. The monoisotopic (exact) mass is 434 g/mol. The van der Waals surface area contributed by atoms with E-state index >= 15 is 0 Å². The fourth-order valence-corrected chi connectivity index (χ4v) is 3.20. The van der Waals surface area contributed by atoms with Crippen molar-refractivity contribution in [1.29, 1.82) is 0 Å². The highest BCUT2D eigenvalue weighted by Gasteiger charge is 2.18. The molecule has 5 nitrogen and oxygen atoms in total. The van der Waals surface area contributed by atoms with Crippen LogP contribution < -0.4 is 0 Å². The Morgan fingerprint density at radius 1 is 1.07 bits per heavy atom. The zero-order chi connectivity index (χ0) is 22.2. The van der Waals surface area contributed by atoms with Gasteiger partial charge in [-0.3, -0.25) is 0 Å². The number of allylic oxidation sites excluding steroid dienone is 2. The number of methoxy groups -OCH3 is 1. The van der Waals surface area contributed by atoms with Crippen molar-refractivity contribution in [3.05, 3.63) is 60.2 Å². The minimum atomic E-state index is -1.05. The van der Waals surface area contributed by atoms with E-state index in [1.54, 1.807) is 0 Å². The molecule has 6 heteroatoms. The third-order valence-electron chi connectivity index (χ3n) is 4.36. The van der Waals surface area contributed by atoms with E-state index in [1.807, 2.05) is 61.6 Å². The van der Waals surface area contributed by atoms with Crippen molar-refractivity contribution in [2.75, 3.05) is 20.5 Å². The summed E-state index contributed by atoms with van der Waals surface area (Å²) < 4.78 is 21.8. The molecule has 0 fully saturated rings.